The number of ether oxygens (including phenoxy) is 1. The third kappa shape index (κ3) is 1.43. The van der Waals surface area contributed by atoms with E-state index in [1.807, 2.05) is 5.32 Å². The summed E-state index contributed by atoms with van der Waals surface area (Å²) in [5.41, 5.74) is 0. The summed E-state index contributed by atoms with van der Waals surface area (Å²) >= 11 is 0. The van der Waals surface area contributed by atoms with Gasteiger partial charge in [0, 0.05) is 0 Å². The van der Waals surface area contributed by atoms with Gasteiger partial charge in [0.25, 0.3) is 0 Å². The van der Waals surface area contributed by atoms with Gasteiger partial charge in [-0.3, -0.25) is 0 Å². The second-order valence-corrected chi connectivity index (χ2v) is 1.64. The highest BCUT2D eigenvalue weighted by Gasteiger charge is 2.10. The third-order valence-corrected chi connectivity index (χ3v) is 1.00. The van der Waals surface area contributed by atoms with Crippen molar-refractivity contribution in [1.29, 1.82) is 0 Å². The fraction of sp³-hybridized carbons (Fsp3) is 1.00. The second kappa shape index (κ2) is 2.26. The lowest BCUT2D eigenvalue weighted by atomic mass is 10.5. The van der Waals surface area contributed by atoms with Crippen molar-refractivity contribution in [2.24, 2.45) is 0 Å². The van der Waals surface area contributed by atoms with Gasteiger partial charge in [0.05, 0.1) is 13.2 Å². The van der Waals surface area contributed by atoms with Gasteiger partial charge in [-0.15, -0.1) is 0 Å². The molecule has 1 heterocycles. The molecule has 3 nitrogen and oxygen atoms in total. The van der Waals surface area contributed by atoms with Crippen molar-refractivity contribution in [1.82, 2.24) is 0 Å². The predicted octanol–water partition coefficient (Wildman–Crippen LogP) is -2.10. The van der Waals surface area contributed by atoms with Crippen LogP contribution >= 0.6 is 0 Å². The third-order valence-electron chi connectivity index (χ3n) is 1.00. The van der Waals surface area contributed by atoms with Crippen molar-refractivity contribution in [3.63, 3.8) is 0 Å². The first-order valence-electron chi connectivity index (χ1n) is 2.51. The maximum Gasteiger partial charge on any atom is 0.205 e. The van der Waals surface area contributed by atoms with E-state index in [-0.39, 0.29) is 0 Å². The Morgan fingerprint density at radius 3 is 2.86 bits per heavy atom. The molecule has 0 saturated carbocycles. The topological polar surface area (TPSA) is 46.1 Å². The number of quaternary nitrogens is 1. The Hall–Kier alpha value is -0.120. The number of hydrogen-bond donors (Lipinski definition) is 2. The molecule has 7 heavy (non-hydrogen) atoms. The first-order chi connectivity index (χ1) is 3.39. The Labute approximate surface area is 42.3 Å². The summed E-state index contributed by atoms with van der Waals surface area (Å²) in [7, 11) is 0. The van der Waals surface area contributed by atoms with Crippen LogP contribution in [-0.2, 0) is 4.74 Å². The number of morpholine rings is 1. The van der Waals surface area contributed by atoms with Gasteiger partial charge in [0.15, 0.2) is 0 Å². The molecule has 1 saturated heterocycles. The molecule has 3 N–H and O–H groups in total. The summed E-state index contributed by atoms with van der Waals surface area (Å²) in [6, 6.07) is 0. The zero-order valence-electron chi connectivity index (χ0n) is 4.13. The van der Waals surface area contributed by atoms with Crippen molar-refractivity contribution in [3.8, 4) is 0 Å². The number of rotatable bonds is 0. The van der Waals surface area contributed by atoms with Crippen LogP contribution in [0.3, 0.4) is 0 Å². The SMILES string of the molecule is O[C@@H]1C[NH2+]CCO1. The molecule has 0 spiro atoms. The number of nitrogens with two attached hydrogens (primary N) is 1. The molecule has 0 aromatic rings. The van der Waals surface area contributed by atoms with E-state index in [1.165, 1.54) is 0 Å². The van der Waals surface area contributed by atoms with Crippen molar-refractivity contribution >= 4 is 0 Å². The highest BCUT2D eigenvalue weighted by Crippen LogP contribution is 1.82. The summed E-state index contributed by atoms with van der Waals surface area (Å²) < 4.78 is 4.80. The average Bonchev–Trinajstić information content (AvgIpc) is 1.69. The van der Waals surface area contributed by atoms with E-state index in [4.69, 9.17) is 9.84 Å². The largest absolute Gasteiger partial charge is 0.364 e. The molecule has 1 aliphatic rings. The Kier molecular flexibility index (Phi) is 1.62. The van der Waals surface area contributed by atoms with Crippen LogP contribution in [0.15, 0.2) is 0 Å². The van der Waals surface area contributed by atoms with E-state index in [1.54, 1.807) is 0 Å². The van der Waals surface area contributed by atoms with Gasteiger partial charge in [-0.1, -0.05) is 0 Å². The Morgan fingerprint density at radius 2 is 2.57 bits per heavy atom. The minimum absolute atomic E-state index is 0.520. The summed E-state index contributed by atoms with van der Waals surface area (Å²) in [6.07, 6.45) is -0.520. The number of hydrogen-bond acceptors (Lipinski definition) is 2. The van der Waals surface area contributed by atoms with Crippen LogP contribution in [0.25, 0.3) is 0 Å². The normalized spacial score (nSPS) is 33.0. The van der Waals surface area contributed by atoms with Gasteiger partial charge in [-0.05, 0) is 0 Å². The van der Waals surface area contributed by atoms with E-state index in [0.717, 1.165) is 6.54 Å². The van der Waals surface area contributed by atoms with Gasteiger partial charge in [0.1, 0.15) is 6.54 Å². The Bertz CT molecular complexity index is 51.7. The minimum atomic E-state index is -0.520. The maximum atomic E-state index is 8.66. The molecule has 1 fully saturated rings. The highest BCUT2D eigenvalue weighted by molar-refractivity contribution is 4.38. The zero-order valence-corrected chi connectivity index (χ0v) is 4.13. The van der Waals surface area contributed by atoms with Crippen LogP contribution in [0, 0.1) is 0 Å². The lowest BCUT2D eigenvalue weighted by Gasteiger charge is -2.14. The molecular formula is C4H10NO2+. The van der Waals surface area contributed by atoms with Gasteiger partial charge in [-0.2, -0.15) is 0 Å². The summed E-state index contributed by atoms with van der Waals surface area (Å²) in [6.45, 7) is 2.36. The van der Waals surface area contributed by atoms with E-state index < -0.39 is 6.29 Å². The fourth-order valence-electron chi connectivity index (χ4n) is 0.616. The molecule has 0 amide bonds. The molecule has 0 bridgehead atoms. The monoisotopic (exact) mass is 104 g/mol. The summed E-state index contributed by atoms with van der Waals surface area (Å²) in [5.74, 6) is 0. The van der Waals surface area contributed by atoms with E-state index >= 15 is 0 Å². The van der Waals surface area contributed by atoms with Gasteiger partial charge >= 0.3 is 0 Å². The molecule has 0 unspecified atom stereocenters. The summed E-state index contributed by atoms with van der Waals surface area (Å²) in [5, 5.41) is 10.7. The molecule has 1 aliphatic heterocycles. The standard InChI is InChI=1S/C4H9NO2/c6-4-3-5-1-2-7-4/h4-6H,1-3H2/p+1/t4-/m0/s1. The van der Waals surface area contributed by atoms with Crippen molar-refractivity contribution in [2.75, 3.05) is 19.7 Å². The molecule has 42 valence electrons. The molecule has 1 atom stereocenters. The molecule has 1 rings (SSSR count). The molecule has 0 aliphatic carbocycles. The van der Waals surface area contributed by atoms with Gasteiger partial charge in [0.2, 0.25) is 6.29 Å². The van der Waals surface area contributed by atoms with Crippen LogP contribution in [0.5, 0.6) is 0 Å². The van der Waals surface area contributed by atoms with Gasteiger partial charge in [-0.25, -0.2) is 0 Å². The Morgan fingerprint density at radius 1 is 1.71 bits per heavy atom. The minimum Gasteiger partial charge on any atom is -0.364 e. The average molecular weight is 104 g/mol. The first kappa shape index (κ1) is 5.03. The highest BCUT2D eigenvalue weighted by atomic mass is 16.6. The van der Waals surface area contributed by atoms with E-state index in [9.17, 15) is 0 Å². The van der Waals surface area contributed by atoms with E-state index in [2.05, 4.69) is 0 Å². The van der Waals surface area contributed by atoms with Crippen molar-refractivity contribution in [3.05, 3.63) is 0 Å². The number of aliphatic hydroxyl groups excluding tert-OH is 1. The van der Waals surface area contributed by atoms with Crippen LogP contribution < -0.4 is 5.32 Å². The van der Waals surface area contributed by atoms with Crippen molar-refractivity contribution < 1.29 is 15.2 Å². The lowest BCUT2D eigenvalue weighted by molar-refractivity contribution is -0.685. The zero-order chi connectivity index (χ0) is 5.11. The maximum absolute atomic E-state index is 8.66. The lowest BCUT2D eigenvalue weighted by Crippen LogP contribution is -2.89. The molecule has 0 aromatic carbocycles. The molecule has 0 radical (unpaired) electrons. The Balaban J connectivity index is 2.12. The molecule has 0 aromatic heterocycles. The quantitative estimate of drug-likeness (QED) is 0.370. The molecular weight excluding hydrogens is 94.0 g/mol. The number of aliphatic hydroxyl groups is 1. The van der Waals surface area contributed by atoms with Crippen LogP contribution in [0.1, 0.15) is 0 Å². The van der Waals surface area contributed by atoms with Crippen LogP contribution in [-0.4, -0.2) is 31.1 Å². The summed E-state index contributed by atoms with van der Waals surface area (Å²) in [4.78, 5) is 0. The van der Waals surface area contributed by atoms with Crippen LogP contribution in [0.2, 0.25) is 0 Å². The van der Waals surface area contributed by atoms with Crippen molar-refractivity contribution in [2.45, 2.75) is 6.29 Å². The first-order valence-corrected chi connectivity index (χ1v) is 2.51. The van der Waals surface area contributed by atoms with Crippen LogP contribution in [0.4, 0.5) is 0 Å². The second-order valence-electron chi connectivity index (χ2n) is 1.64. The fourth-order valence-corrected chi connectivity index (χ4v) is 0.616. The molecule has 3 heteroatoms. The van der Waals surface area contributed by atoms with E-state index in [0.29, 0.717) is 13.2 Å². The van der Waals surface area contributed by atoms with Gasteiger partial charge < -0.3 is 15.2 Å². The smallest absolute Gasteiger partial charge is 0.205 e. The predicted molar refractivity (Wildman–Crippen MR) is 23.6 cm³/mol.